The molecule has 3 unspecified atom stereocenters. The number of nitrogens with one attached hydrogen (secondary N) is 1. The van der Waals surface area contributed by atoms with Gasteiger partial charge in [-0.05, 0) is 51.2 Å². The van der Waals surface area contributed by atoms with Crippen molar-refractivity contribution in [2.24, 2.45) is 5.92 Å². The quantitative estimate of drug-likeness (QED) is 0.921. The van der Waals surface area contributed by atoms with Crippen molar-refractivity contribution < 1.29 is 4.74 Å². The van der Waals surface area contributed by atoms with E-state index in [4.69, 9.17) is 4.74 Å². The minimum atomic E-state index is 0.599. The van der Waals surface area contributed by atoms with Gasteiger partial charge in [-0.15, -0.1) is 0 Å². The first-order chi connectivity index (χ1) is 10.2. The third-order valence-corrected chi connectivity index (χ3v) is 5.13. The van der Waals surface area contributed by atoms with Crippen LogP contribution in [0, 0.1) is 5.92 Å². The molecule has 3 nitrogen and oxygen atoms in total. The summed E-state index contributed by atoms with van der Waals surface area (Å²) in [6, 6.07) is 12.6. The maximum atomic E-state index is 5.48. The van der Waals surface area contributed by atoms with E-state index in [0.29, 0.717) is 18.1 Å². The molecule has 1 aromatic rings. The van der Waals surface area contributed by atoms with Crippen LogP contribution in [0.3, 0.4) is 0 Å². The Kier molecular flexibility index (Phi) is 4.81. The molecule has 1 aromatic carbocycles. The number of ether oxygens (including phenoxy) is 1. The summed E-state index contributed by atoms with van der Waals surface area (Å²) < 4.78 is 5.48. The molecule has 2 aliphatic heterocycles. The zero-order valence-electron chi connectivity index (χ0n) is 13.3. The van der Waals surface area contributed by atoms with Crippen molar-refractivity contribution in [3.63, 3.8) is 0 Å². The standard InChI is InChI=1S/C18H28N2O/c1-14-12-17(13-20(14)18-6-4-3-5-7-18)19-15(2)16-8-10-21-11-9-16/h3-7,14-17,19H,8-13H2,1-2H3. The zero-order valence-corrected chi connectivity index (χ0v) is 13.3. The molecule has 3 heteroatoms. The lowest BCUT2D eigenvalue weighted by Crippen LogP contribution is -2.43. The Morgan fingerprint density at radius 2 is 1.90 bits per heavy atom. The molecule has 21 heavy (non-hydrogen) atoms. The van der Waals surface area contributed by atoms with Crippen LogP contribution in [0.5, 0.6) is 0 Å². The van der Waals surface area contributed by atoms with Crippen molar-refractivity contribution in [1.29, 1.82) is 0 Å². The molecule has 2 saturated heterocycles. The van der Waals surface area contributed by atoms with Crippen molar-refractivity contribution in [3.8, 4) is 0 Å². The number of nitrogens with zero attached hydrogens (tertiary/aromatic N) is 1. The van der Waals surface area contributed by atoms with Crippen molar-refractivity contribution in [3.05, 3.63) is 30.3 Å². The maximum absolute atomic E-state index is 5.48. The fourth-order valence-electron chi connectivity index (χ4n) is 3.85. The molecule has 0 amide bonds. The summed E-state index contributed by atoms with van der Waals surface area (Å²) in [6.07, 6.45) is 3.65. The van der Waals surface area contributed by atoms with Crippen LogP contribution in [-0.2, 0) is 4.74 Å². The van der Waals surface area contributed by atoms with Crippen LogP contribution in [0.1, 0.15) is 33.1 Å². The number of para-hydroxylation sites is 1. The van der Waals surface area contributed by atoms with E-state index >= 15 is 0 Å². The Bertz CT molecular complexity index is 430. The molecule has 116 valence electrons. The smallest absolute Gasteiger partial charge is 0.0469 e. The molecule has 0 aliphatic carbocycles. The Morgan fingerprint density at radius 1 is 1.19 bits per heavy atom. The molecule has 0 radical (unpaired) electrons. The Hall–Kier alpha value is -1.06. The third-order valence-electron chi connectivity index (χ3n) is 5.13. The zero-order chi connectivity index (χ0) is 14.7. The number of anilines is 1. The van der Waals surface area contributed by atoms with Crippen LogP contribution in [0.25, 0.3) is 0 Å². The largest absolute Gasteiger partial charge is 0.381 e. The molecule has 2 aliphatic rings. The lowest BCUT2D eigenvalue weighted by Gasteiger charge is -2.30. The highest BCUT2D eigenvalue weighted by molar-refractivity contribution is 5.48. The Morgan fingerprint density at radius 3 is 2.62 bits per heavy atom. The van der Waals surface area contributed by atoms with E-state index in [1.807, 2.05) is 0 Å². The lowest BCUT2D eigenvalue weighted by atomic mass is 9.92. The Balaban J connectivity index is 1.56. The van der Waals surface area contributed by atoms with Crippen LogP contribution >= 0.6 is 0 Å². The minimum absolute atomic E-state index is 0.599. The van der Waals surface area contributed by atoms with Crippen LogP contribution in [-0.4, -0.2) is 37.9 Å². The molecule has 3 rings (SSSR count). The highest BCUT2D eigenvalue weighted by Crippen LogP contribution is 2.26. The van der Waals surface area contributed by atoms with Crippen molar-refractivity contribution in [1.82, 2.24) is 5.32 Å². The summed E-state index contributed by atoms with van der Waals surface area (Å²) in [4.78, 5) is 2.54. The van der Waals surface area contributed by atoms with E-state index in [9.17, 15) is 0 Å². The highest BCUT2D eigenvalue weighted by atomic mass is 16.5. The van der Waals surface area contributed by atoms with Gasteiger partial charge >= 0.3 is 0 Å². The van der Waals surface area contributed by atoms with Crippen LogP contribution in [0.15, 0.2) is 30.3 Å². The SMILES string of the molecule is CC(NC1CC(C)N(c2ccccc2)C1)C1CCOCC1. The second-order valence-electron chi connectivity index (χ2n) is 6.67. The van der Waals surface area contributed by atoms with Crippen molar-refractivity contribution >= 4 is 5.69 Å². The van der Waals surface area contributed by atoms with Crippen molar-refractivity contribution in [2.45, 2.75) is 51.2 Å². The summed E-state index contributed by atoms with van der Waals surface area (Å²) in [7, 11) is 0. The predicted octanol–water partition coefficient (Wildman–Crippen LogP) is 3.06. The first kappa shape index (κ1) is 14.9. The minimum Gasteiger partial charge on any atom is -0.381 e. The first-order valence-corrected chi connectivity index (χ1v) is 8.39. The van der Waals surface area contributed by atoms with E-state index in [2.05, 4.69) is 54.4 Å². The van der Waals surface area contributed by atoms with E-state index < -0.39 is 0 Å². The molecule has 3 atom stereocenters. The predicted molar refractivity (Wildman–Crippen MR) is 87.8 cm³/mol. The van der Waals surface area contributed by atoms with Crippen LogP contribution in [0.4, 0.5) is 5.69 Å². The van der Waals surface area contributed by atoms with Gasteiger partial charge in [0.15, 0.2) is 0 Å². The second-order valence-corrected chi connectivity index (χ2v) is 6.67. The fourth-order valence-corrected chi connectivity index (χ4v) is 3.85. The molecule has 2 heterocycles. The average Bonchev–Trinajstić information content (AvgIpc) is 2.89. The third kappa shape index (κ3) is 3.58. The van der Waals surface area contributed by atoms with Gasteiger partial charge in [0.05, 0.1) is 0 Å². The van der Waals surface area contributed by atoms with Crippen LogP contribution in [0.2, 0.25) is 0 Å². The Labute approximate surface area is 128 Å². The number of rotatable bonds is 4. The normalized spacial score (nSPS) is 28.8. The van der Waals surface area contributed by atoms with E-state index in [1.165, 1.54) is 24.9 Å². The molecule has 2 fully saturated rings. The monoisotopic (exact) mass is 288 g/mol. The van der Waals surface area contributed by atoms with E-state index in [0.717, 1.165) is 25.7 Å². The maximum Gasteiger partial charge on any atom is 0.0469 e. The number of hydrogen-bond donors (Lipinski definition) is 1. The molecule has 0 aromatic heterocycles. The molecular weight excluding hydrogens is 260 g/mol. The summed E-state index contributed by atoms with van der Waals surface area (Å²) in [5.41, 5.74) is 1.35. The highest BCUT2D eigenvalue weighted by Gasteiger charge is 2.31. The van der Waals surface area contributed by atoms with Gasteiger partial charge in [-0.25, -0.2) is 0 Å². The number of hydrogen-bond acceptors (Lipinski definition) is 3. The van der Waals surface area contributed by atoms with Gasteiger partial charge in [0, 0.05) is 43.6 Å². The van der Waals surface area contributed by atoms with Gasteiger partial charge < -0.3 is 15.0 Å². The topological polar surface area (TPSA) is 24.5 Å². The summed E-state index contributed by atoms with van der Waals surface area (Å²) >= 11 is 0. The average molecular weight is 288 g/mol. The number of benzene rings is 1. The molecule has 0 bridgehead atoms. The van der Waals surface area contributed by atoms with Gasteiger partial charge in [0.1, 0.15) is 0 Å². The van der Waals surface area contributed by atoms with Crippen LogP contribution < -0.4 is 10.2 Å². The van der Waals surface area contributed by atoms with Gasteiger partial charge in [0.2, 0.25) is 0 Å². The fraction of sp³-hybridized carbons (Fsp3) is 0.667. The first-order valence-electron chi connectivity index (χ1n) is 8.39. The molecule has 1 N–H and O–H groups in total. The van der Waals surface area contributed by atoms with E-state index in [-0.39, 0.29) is 0 Å². The van der Waals surface area contributed by atoms with Crippen molar-refractivity contribution in [2.75, 3.05) is 24.7 Å². The van der Waals surface area contributed by atoms with Gasteiger partial charge in [-0.1, -0.05) is 18.2 Å². The molecule has 0 spiro atoms. The van der Waals surface area contributed by atoms with E-state index in [1.54, 1.807) is 0 Å². The van der Waals surface area contributed by atoms with Gasteiger partial charge in [0.25, 0.3) is 0 Å². The summed E-state index contributed by atoms with van der Waals surface area (Å²) in [5, 5.41) is 3.88. The lowest BCUT2D eigenvalue weighted by molar-refractivity contribution is 0.0547. The molecular formula is C18H28N2O. The van der Waals surface area contributed by atoms with Gasteiger partial charge in [-0.3, -0.25) is 0 Å². The summed E-state index contributed by atoms with van der Waals surface area (Å²) in [6.45, 7) is 7.69. The second kappa shape index (κ2) is 6.80. The molecule has 0 saturated carbocycles. The van der Waals surface area contributed by atoms with Gasteiger partial charge in [-0.2, -0.15) is 0 Å². The summed E-state index contributed by atoms with van der Waals surface area (Å²) in [5.74, 6) is 0.778.